The number of halogens is 3. The Morgan fingerprint density at radius 1 is 0.921 bits per heavy atom. The maximum Gasteiger partial charge on any atom is 0.335 e. The fraction of sp³-hybridized carbons (Fsp3) is 0.0690. The summed E-state index contributed by atoms with van der Waals surface area (Å²) in [7, 11) is 0. The molecule has 0 aliphatic carbocycles. The average molecular weight is 749 g/mol. The van der Waals surface area contributed by atoms with Crippen LogP contribution in [0.25, 0.3) is 16.8 Å². The standard InChI is InChI=1S/C29H19ClI2N2O4/c1-16-6-9-21(14-23(16)30)34-28(36)22(27(35)33-29(34)37)11-18-12-24(31)26(25(32)13-18)38-15-17-7-8-19-4-2-3-5-20(19)10-17/h2-14H,15H2,1H3,(H,33,35,37)/b22-11-. The fourth-order valence-corrected chi connectivity index (χ4v) is 6.37. The van der Waals surface area contributed by atoms with E-state index in [4.69, 9.17) is 16.3 Å². The summed E-state index contributed by atoms with van der Waals surface area (Å²) >= 11 is 10.5. The highest BCUT2D eigenvalue weighted by molar-refractivity contribution is 14.1. The first-order chi connectivity index (χ1) is 18.2. The molecule has 1 N–H and O–H groups in total. The van der Waals surface area contributed by atoms with Crippen LogP contribution in [0.5, 0.6) is 5.75 Å². The summed E-state index contributed by atoms with van der Waals surface area (Å²) in [5, 5.41) is 4.97. The molecule has 1 saturated heterocycles. The van der Waals surface area contributed by atoms with Crippen molar-refractivity contribution < 1.29 is 19.1 Å². The van der Waals surface area contributed by atoms with E-state index in [1.54, 1.807) is 12.1 Å². The van der Waals surface area contributed by atoms with Gasteiger partial charge in [0.15, 0.2) is 0 Å². The van der Waals surface area contributed by atoms with Gasteiger partial charge in [-0.25, -0.2) is 9.69 Å². The maximum absolute atomic E-state index is 13.2. The minimum Gasteiger partial charge on any atom is -0.487 e. The number of hydrogen-bond donors (Lipinski definition) is 1. The number of rotatable bonds is 5. The van der Waals surface area contributed by atoms with Gasteiger partial charge in [0, 0.05) is 5.02 Å². The van der Waals surface area contributed by atoms with Crippen molar-refractivity contribution >= 4 is 97.2 Å². The minimum atomic E-state index is -0.821. The number of nitrogens with one attached hydrogen (secondary N) is 1. The molecule has 6 nitrogen and oxygen atoms in total. The van der Waals surface area contributed by atoms with Crippen LogP contribution in [0.3, 0.4) is 0 Å². The molecule has 0 unspecified atom stereocenters. The van der Waals surface area contributed by atoms with Crippen molar-refractivity contribution in [3.63, 3.8) is 0 Å². The Morgan fingerprint density at radius 2 is 1.63 bits per heavy atom. The van der Waals surface area contributed by atoms with Gasteiger partial charge in [-0.2, -0.15) is 0 Å². The van der Waals surface area contributed by atoms with Crippen LogP contribution in [0.4, 0.5) is 10.5 Å². The Labute approximate surface area is 251 Å². The first kappa shape index (κ1) is 26.6. The van der Waals surface area contributed by atoms with Crippen molar-refractivity contribution in [2.45, 2.75) is 13.5 Å². The van der Waals surface area contributed by atoms with Gasteiger partial charge in [0.2, 0.25) is 0 Å². The molecule has 0 radical (unpaired) electrons. The summed E-state index contributed by atoms with van der Waals surface area (Å²) in [5.74, 6) is -0.761. The van der Waals surface area contributed by atoms with Gasteiger partial charge in [0.1, 0.15) is 17.9 Å². The Bertz CT molecular complexity index is 1640. The number of ether oxygens (including phenoxy) is 1. The molecule has 38 heavy (non-hydrogen) atoms. The SMILES string of the molecule is Cc1ccc(N2C(=O)NC(=O)/C(=C/c3cc(I)c(OCc4ccc5ccccc5c4)c(I)c3)C2=O)cc1Cl. The van der Waals surface area contributed by atoms with Crippen LogP contribution in [0, 0.1) is 14.1 Å². The molecule has 0 aromatic heterocycles. The summed E-state index contributed by atoms with van der Waals surface area (Å²) in [4.78, 5) is 39.3. The summed E-state index contributed by atoms with van der Waals surface area (Å²) in [5.41, 5.74) is 2.61. The zero-order valence-electron chi connectivity index (χ0n) is 19.9. The van der Waals surface area contributed by atoms with Crippen molar-refractivity contribution in [1.82, 2.24) is 5.32 Å². The number of amides is 4. The van der Waals surface area contributed by atoms with E-state index in [9.17, 15) is 14.4 Å². The zero-order valence-corrected chi connectivity index (χ0v) is 25.0. The maximum atomic E-state index is 13.2. The van der Waals surface area contributed by atoms with E-state index in [-0.39, 0.29) is 11.3 Å². The van der Waals surface area contributed by atoms with E-state index in [1.807, 2.05) is 37.3 Å². The average Bonchev–Trinajstić information content (AvgIpc) is 2.88. The van der Waals surface area contributed by atoms with Crippen LogP contribution >= 0.6 is 56.8 Å². The molecule has 5 rings (SSSR count). The van der Waals surface area contributed by atoms with Crippen molar-refractivity contribution in [2.75, 3.05) is 4.90 Å². The molecule has 1 aliphatic heterocycles. The number of carbonyl (C=O) groups excluding carboxylic acids is 3. The van der Waals surface area contributed by atoms with Crippen molar-refractivity contribution in [3.8, 4) is 5.75 Å². The molecule has 0 atom stereocenters. The minimum absolute atomic E-state index is 0.155. The Kier molecular flexibility index (Phi) is 7.73. The van der Waals surface area contributed by atoms with Crippen LogP contribution in [-0.4, -0.2) is 17.8 Å². The molecule has 0 bridgehead atoms. The predicted octanol–water partition coefficient (Wildman–Crippen LogP) is 7.26. The second-order valence-corrected chi connectivity index (χ2v) is 11.4. The number of hydrogen-bond acceptors (Lipinski definition) is 4. The summed E-state index contributed by atoms with van der Waals surface area (Å²) in [6, 6.07) is 22.1. The van der Waals surface area contributed by atoms with Crippen LogP contribution in [-0.2, 0) is 16.2 Å². The molecular formula is C29H19ClI2N2O4. The number of nitrogens with zero attached hydrogens (tertiary/aromatic N) is 1. The van der Waals surface area contributed by atoms with Gasteiger partial charge in [-0.1, -0.05) is 54.1 Å². The van der Waals surface area contributed by atoms with E-state index in [2.05, 4.69) is 74.8 Å². The number of barbiturate groups is 1. The number of imide groups is 2. The number of fused-ring (bicyclic) bond motifs is 1. The largest absolute Gasteiger partial charge is 0.487 e. The van der Waals surface area contributed by atoms with Gasteiger partial charge < -0.3 is 4.74 Å². The zero-order chi connectivity index (χ0) is 27.0. The Hall–Kier alpha value is -2.96. The molecule has 4 amide bonds. The van der Waals surface area contributed by atoms with E-state index < -0.39 is 17.8 Å². The molecule has 4 aromatic carbocycles. The van der Waals surface area contributed by atoms with E-state index >= 15 is 0 Å². The predicted molar refractivity (Wildman–Crippen MR) is 165 cm³/mol. The lowest BCUT2D eigenvalue weighted by Crippen LogP contribution is -2.54. The van der Waals surface area contributed by atoms with Gasteiger partial charge in [-0.3, -0.25) is 14.9 Å². The first-order valence-corrected chi connectivity index (χ1v) is 14.0. The van der Waals surface area contributed by atoms with Crippen LogP contribution in [0.15, 0.2) is 78.4 Å². The lowest BCUT2D eigenvalue weighted by atomic mass is 10.1. The van der Waals surface area contributed by atoms with Gasteiger partial charge in [-0.05, 0) is 116 Å². The monoisotopic (exact) mass is 748 g/mol. The first-order valence-electron chi connectivity index (χ1n) is 11.5. The third kappa shape index (κ3) is 5.43. The number of benzene rings is 4. The molecule has 1 aliphatic rings. The molecule has 4 aromatic rings. The van der Waals surface area contributed by atoms with Gasteiger partial charge in [0.05, 0.1) is 12.8 Å². The van der Waals surface area contributed by atoms with E-state index in [0.29, 0.717) is 22.9 Å². The molecule has 1 heterocycles. The summed E-state index contributed by atoms with van der Waals surface area (Å²) < 4.78 is 7.80. The Morgan fingerprint density at radius 3 is 2.34 bits per heavy atom. The lowest BCUT2D eigenvalue weighted by molar-refractivity contribution is -0.122. The number of carbonyl (C=O) groups is 3. The van der Waals surface area contributed by atoms with Crippen molar-refractivity contribution in [1.29, 1.82) is 0 Å². The summed E-state index contributed by atoms with van der Waals surface area (Å²) in [6.07, 6.45) is 1.48. The van der Waals surface area contributed by atoms with Crippen LogP contribution in [0.2, 0.25) is 5.02 Å². The number of urea groups is 1. The second kappa shape index (κ2) is 11.0. The molecule has 1 fully saturated rings. The molecule has 0 spiro atoms. The van der Waals surface area contributed by atoms with Gasteiger partial charge in [-0.15, -0.1) is 0 Å². The second-order valence-electron chi connectivity index (χ2n) is 8.68. The third-order valence-electron chi connectivity index (χ3n) is 6.04. The molecule has 190 valence electrons. The third-order valence-corrected chi connectivity index (χ3v) is 8.05. The molecule has 9 heteroatoms. The highest BCUT2D eigenvalue weighted by atomic mass is 127. The number of aryl methyl sites for hydroxylation is 1. The fourth-order valence-electron chi connectivity index (χ4n) is 4.06. The Balaban J connectivity index is 1.40. The van der Waals surface area contributed by atoms with E-state index in [0.717, 1.165) is 28.6 Å². The van der Waals surface area contributed by atoms with E-state index in [1.165, 1.54) is 17.5 Å². The smallest absolute Gasteiger partial charge is 0.335 e. The van der Waals surface area contributed by atoms with Crippen molar-refractivity contribution in [2.24, 2.45) is 0 Å². The number of anilines is 1. The quantitative estimate of drug-likeness (QED) is 0.133. The van der Waals surface area contributed by atoms with Gasteiger partial charge in [0.25, 0.3) is 11.8 Å². The molecular weight excluding hydrogens is 730 g/mol. The van der Waals surface area contributed by atoms with Gasteiger partial charge >= 0.3 is 6.03 Å². The molecule has 0 saturated carbocycles. The highest BCUT2D eigenvalue weighted by Crippen LogP contribution is 2.32. The topological polar surface area (TPSA) is 75.7 Å². The lowest BCUT2D eigenvalue weighted by Gasteiger charge is -2.26. The summed E-state index contributed by atoms with van der Waals surface area (Å²) in [6.45, 7) is 2.21. The van der Waals surface area contributed by atoms with Crippen LogP contribution < -0.4 is 15.0 Å². The van der Waals surface area contributed by atoms with Crippen LogP contribution in [0.1, 0.15) is 16.7 Å². The normalized spacial score (nSPS) is 14.8. The highest BCUT2D eigenvalue weighted by Gasteiger charge is 2.37. The van der Waals surface area contributed by atoms with Crippen molar-refractivity contribution in [3.05, 3.63) is 107 Å².